The number of hydrogen-bond acceptors (Lipinski definition) is 2. The lowest BCUT2D eigenvalue weighted by atomic mass is 10.1. The average Bonchev–Trinajstić information content (AvgIpc) is 3.00. The minimum atomic E-state index is 0.118. The Kier molecular flexibility index (Phi) is 2.91. The second-order valence-electron chi connectivity index (χ2n) is 5.18. The van der Waals surface area contributed by atoms with Gasteiger partial charge in [0.1, 0.15) is 0 Å². The van der Waals surface area contributed by atoms with E-state index in [1.807, 2.05) is 42.2 Å². The summed E-state index contributed by atoms with van der Waals surface area (Å²) >= 11 is 5.14. The number of thiophene rings is 1. The van der Waals surface area contributed by atoms with E-state index in [-0.39, 0.29) is 5.91 Å². The molecule has 0 N–H and O–H groups in total. The van der Waals surface area contributed by atoms with Crippen LogP contribution in [0.25, 0.3) is 10.1 Å². The van der Waals surface area contributed by atoms with Crippen LogP contribution in [0, 0.1) is 6.92 Å². The van der Waals surface area contributed by atoms with E-state index in [0.717, 1.165) is 20.6 Å². The van der Waals surface area contributed by atoms with E-state index in [9.17, 15) is 4.79 Å². The smallest absolute Gasteiger partial charge is 0.269 e. The highest BCUT2D eigenvalue weighted by atomic mass is 79.9. The van der Waals surface area contributed by atoms with Gasteiger partial charge in [0.05, 0.1) is 11.4 Å². The topological polar surface area (TPSA) is 20.3 Å². The van der Waals surface area contributed by atoms with Crippen LogP contribution in [0.5, 0.6) is 0 Å². The van der Waals surface area contributed by atoms with Gasteiger partial charge in [0.25, 0.3) is 5.91 Å². The van der Waals surface area contributed by atoms with Crippen molar-refractivity contribution in [1.82, 2.24) is 0 Å². The monoisotopic (exact) mass is 357 g/mol. The summed E-state index contributed by atoms with van der Waals surface area (Å²) in [4.78, 5) is 15.5. The minimum Gasteiger partial charge on any atom is -0.303 e. The van der Waals surface area contributed by atoms with Crippen LogP contribution in [0.3, 0.4) is 0 Å². The fraction of sp³-hybridized carbons (Fsp3) is 0.118. The second kappa shape index (κ2) is 4.68. The number of anilines is 1. The number of rotatable bonds is 1. The molecule has 2 heterocycles. The van der Waals surface area contributed by atoms with Crippen LogP contribution in [0.4, 0.5) is 5.69 Å². The van der Waals surface area contributed by atoms with Gasteiger partial charge in [0, 0.05) is 20.4 Å². The summed E-state index contributed by atoms with van der Waals surface area (Å²) < 4.78 is 2.23. The van der Waals surface area contributed by atoms with E-state index in [2.05, 4.69) is 28.1 Å². The SMILES string of the molecule is Cc1c(Br)cccc1N1Cc2c(sc3ccccc23)C1=O. The van der Waals surface area contributed by atoms with Crippen molar-refractivity contribution in [1.29, 1.82) is 0 Å². The predicted molar refractivity (Wildman–Crippen MR) is 91.2 cm³/mol. The van der Waals surface area contributed by atoms with Gasteiger partial charge in [-0.2, -0.15) is 0 Å². The zero-order chi connectivity index (χ0) is 14.6. The Bertz CT molecular complexity index is 884. The molecular weight excluding hydrogens is 346 g/mol. The highest BCUT2D eigenvalue weighted by Gasteiger charge is 2.33. The Morgan fingerprint density at radius 3 is 2.81 bits per heavy atom. The standard InChI is InChI=1S/C17H12BrNOS/c1-10-13(18)6-4-7-14(10)19-9-12-11-5-2-3-8-15(11)21-16(12)17(19)20/h2-8H,9H2,1H3. The largest absolute Gasteiger partial charge is 0.303 e. The maximum Gasteiger partial charge on any atom is 0.269 e. The number of hydrogen-bond donors (Lipinski definition) is 0. The first kappa shape index (κ1) is 13.0. The van der Waals surface area contributed by atoms with Crippen LogP contribution in [0.2, 0.25) is 0 Å². The van der Waals surface area contributed by atoms with Crippen molar-refractivity contribution < 1.29 is 4.79 Å². The van der Waals surface area contributed by atoms with E-state index in [1.165, 1.54) is 15.6 Å². The van der Waals surface area contributed by atoms with Gasteiger partial charge in [0.2, 0.25) is 0 Å². The quantitative estimate of drug-likeness (QED) is 0.590. The van der Waals surface area contributed by atoms with E-state index in [1.54, 1.807) is 11.3 Å². The molecule has 21 heavy (non-hydrogen) atoms. The number of amides is 1. The summed E-state index contributed by atoms with van der Waals surface area (Å²) in [5, 5.41) is 1.21. The highest BCUT2D eigenvalue weighted by Crippen LogP contribution is 2.40. The molecule has 0 spiro atoms. The fourth-order valence-corrected chi connectivity index (χ4v) is 4.38. The zero-order valence-electron chi connectivity index (χ0n) is 11.4. The Hall–Kier alpha value is -1.65. The lowest BCUT2D eigenvalue weighted by Crippen LogP contribution is -2.23. The van der Waals surface area contributed by atoms with Crippen LogP contribution < -0.4 is 4.90 Å². The first-order valence-corrected chi connectivity index (χ1v) is 8.35. The summed E-state index contributed by atoms with van der Waals surface area (Å²) in [6.45, 7) is 2.70. The third kappa shape index (κ3) is 1.86. The highest BCUT2D eigenvalue weighted by molar-refractivity contribution is 9.10. The van der Waals surface area contributed by atoms with E-state index < -0.39 is 0 Å². The molecule has 0 saturated carbocycles. The van der Waals surface area contributed by atoms with Gasteiger partial charge in [-0.1, -0.05) is 40.2 Å². The molecule has 4 heteroatoms. The molecule has 104 valence electrons. The number of benzene rings is 2. The Labute approximate surface area is 135 Å². The minimum absolute atomic E-state index is 0.118. The Balaban J connectivity index is 1.85. The fourth-order valence-electron chi connectivity index (χ4n) is 2.86. The van der Waals surface area contributed by atoms with Crippen molar-refractivity contribution in [3.05, 3.63) is 62.9 Å². The van der Waals surface area contributed by atoms with Crippen molar-refractivity contribution in [3.63, 3.8) is 0 Å². The van der Waals surface area contributed by atoms with Crippen molar-refractivity contribution in [2.75, 3.05) is 4.90 Å². The summed E-state index contributed by atoms with van der Waals surface area (Å²) in [7, 11) is 0. The van der Waals surface area contributed by atoms with Crippen molar-refractivity contribution in [2.24, 2.45) is 0 Å². The molecule has 0 saturated heterocycles. The van der Waals surface area contributed by atoms with Crippen molar-refractivity contribution in [2.45, 2.75) is 13.5 Å². The van der Waals surface area contributed by atoms with Crippen LogP contribution in [0.15, 0.2) is 46.9 Å². The van der Waals surface area contributed by atoms with E-state index in [0.29, 0.717) is 6.54 Å². The van der Waals surface area contributed by atoms with Crippen LogP contribution in [-0.4, -0.2) is 5.91 Å². The third-order valence-corrected chi connectivity index (χ3v) is 6.04. The van der Waals surface area contributed by atoms with Crippen molar-refractivity contribution >= 4 is 48.9 Å². The average molecular weight is 358 g/mol. The number of nitrogens with zero attached hydrogens (tertiary/aromatic N) is 1. The Morgan fingerprint density at radius 2 is 1.95 bits per heavy atom. The molecule has 0 fully saturated rings. The molecule has 0 bridgehead atoms. The molecule has 4 rings (SSSR count). The van der Waals surface area contributed by atoms with Gasteiger partial charge in [-0.25, -0.2) is 0 Å². The Morgan fingerprint density at radius 1 is 1.14 bits per heavy atom. The van der Waals surface area contributed by atoms with E-state index >= 15 is 0 Å². The molecule has 1 aromatic heterocycles. The molecule has 1 aliphatic heterocycles. The molecule has 2 aromatic carbocycles. The molecule has 0 unspecified atom stereocenters. The lowest BCUT2D eigenvalue weighted by molar-refractivity contribution is 0.1000. The molecule has 0 atom stereocenters. The van der Waals surface area contributed by atoms with Gasteiger partial charge in [-0.3, -0.25) is 4.79 Å². The van der Waals surface area contributed by atoms with Gasteiger partial charge in [-0.15, -0.1) is 11.3 Å². The van der Waals surface area contributed by atoms with Crippen LogP contribution >= 0.6 is 27.3 Å². The molecule has 2 nitrogen and oxygen atoms in total. The summed E-state index contributed by atoms with van der Waals surface area (Å²) in [5.74, 6) is 0.118. The number of carbonyl (C=O) groups is 1. The normalized spacial score (nSPS) is 14.0. The zero-order valence-corrected chi connectivity index (χ0v) is 13.8. The van der Waals surface area contributed by atoms with Gasteiger partial charge < -0.3 is 4.90 Å². The summed E-state index contributed by atoms with van der Waals surface area (Å²) in [6.07, 6.45) is 0. The molecule has 0 aliphatic carbocycles. The second-order valence-corrected chi connectivity index (χ2v) is 7.09. The number of carbonyl (C=O) groups excluding carboxylic acids is 1. The van der Waals surface area contributed by atoms with Crippen molar-refractivity contribution in [3.8, 4) is 0 Å². The third-order valence-electron chi connectivity index (χ3n) is 3.98. The molecular formula is C17H12BrNOS. The molecule has 0 radical (unpaired) electrons. The predicted octanol–water partition coefficient (Wildman–Crippen LogP) is 5.13. The maximum absolute atomic E-state index is 12.8. The van der Waals surface area contributed by atoms with Gasteiger partial charge in [0.15, 0.2) is 0 Å². The summed E-state index contributed by atoms with van der Waals surface area (Å²) in [5.41, 5.74) is 3.26. The van der Waals surface area contributed by atoms with Gasteiger partial charge in [-0.05, 0) is 36.1 Å². The molecule has 1 amide bonds. The first-order chi connectivity index (χ1) is 10.2. The first-order valence-electron chi connectivity index (χ1n) is 6.74. The number of halogens is 1. The molecule has 1 aliphatic rings. The van der Waals surface area contributed by atoms with Gasteiger partial charge >= 0.3 is 0 Å². The lowest BCUT2D eigenvalue weighted by Gasteiger charge is -2.19. The number of fused-ring (bicyclic) bond motifs is 3. The van der Waals surface area contributed by atoms with Crippen LogP contribution in [0.1, 0.15) is 20.8 Å². The van der Waals surface area contributed by atoms with E-state index in [4.69, 9.17) is 0 Å². The van der Waals surface area contributed by atoms with Crippen LogP contribution in [-0.2, 0) is 6.54 Å². The summed E-state index contributed by atoms with van der Waals surface area (Å²) in [6, 6.07) is 14.2. The molecule has 3 aromatic rings. The maximum atomic E-state index is 12.8.